The van der Waals surface area contributed by atoms with Crippen LogP contribution in [-0.2, 0) is 21.8 Å². The van der Waals surface area contributed by atoms with Crippen molar-refractivity contribution in [1.29, 1.82) is 0 Å². The van der Waals surface area contributed by atoms with E-state index in [9.17, 15) is 13.2 Å². The van der Waals surface area contributed by atoms with Gasteiger partial charge in [-0.05, 0) is 23.8 Å². The fourth-order valence-electron chi connectivity index (χ4n) is 2.70. The first-order chi connectivity index (χ1) is 12.9. The zero-order valence-electron chi connectivity index (χ0n) is 14.9. The highest BCUT2D eigenvalue weighted by Gasteiger charge is 2.26. The number of benzene rings is 2. The molecule has 1 N–H and O–H groups in total. The Bertz CT molecular complexity index is 1050. The van der Waals surface area contributed by atoms with Gasteiger partial charge < -0.3 is 9.30 Å². The quantitative estimate of drug-likeness (QED) is 0.658. The van der Waals surface area contributed by atoms with Crippen molar-refractivity contribution in [1.82, 2.24) is 14.3 Å². The summed E-state index contributed by atoms with van der Waals surface area (Å²) in [5, 5.41) is 0. The lowest BCUT2D eigenvalue weighted by atomic mass is 10.1. The van der Waals surface area contributed by atoms with Gasteiger partial charge in [0.25, 0.3) is 0 Å². The average Bonchev–Trinajstić information content (AvgIpc) is 3.12. The second-order valence-electron chi connectivity index (χ2n) is 5.88. The molecule has 140 valence electrons. The molecule has 1 heterocycles. The molecule has 3 aromatic rings. The van der Waals surface area contributed by atoms with Gasteiger partial charge in [0.2, 0.25) is 10.0 Å². The van der Waals surface area contributed by atoms with Crippen LogP contribution in [0.1, 0.15) is 27.8 Å². The van der Waals surface area contributed by atoms with Crippen LogP contribution in [0.2, 0.25) is 0 Å². The van der Waals surface area contributed by atoms with Gasteiger partial charge in [-0.3, -0.25) is 0 Å². The lowest BCUT2D eigenvalue weighted by molar-refractivity contribution is 0.0600. The summed E-state index contributed by atoms with van der Waals surface area (Å²) in [5.41, 5.74) is 0.910. The molecule has 7 nitrogen and oxygen atoms in total. The summed E-state index contributed by atoms with van der Waals surface area (Å²) in [6, 6.07) is 14.2. The summed E-state index contributed by atoms with van der Waals surface area (Å²) in [6.45, 7) is 0. The van der Waals surface area contributed by atoms with Gasteiger partial charge in [-0.15, -0.1) is 0 Å². The number of methoxy groups -OCH3 is 1. The van der Waals surface area contributed by atoms with Gasteiger partial charge in [-0.25, -0.2) is 18.2 Å². The molecule has 2 aromatic carbocycles. The minimum atomic E-state index is -3.93. The van der Waals surface area contributed by atoms with Crippen LogP contribution < -0.4 is 4.72 Å². The van der Waals surface area contributed by atoms with Crippen molar-refractivity contribution in [2.24, 2.45) is 7.05 Å². The molecule has 1 atom stereocenters. The van der Waals surface area contributed by atoms with Crippen molar-refractivity contribution >= 4 is 16.0 Å². The molecule has 8 heteroatoms. The van der Waals surface area contributed by atoms with E-state index in [1.54, 1.807) is 24.0 Å². The van der Waals surface area contributed by atoms with Crippen LogP contribution in [0.15, 0.2) is 71.9 Å². The molecular weight excluding hydrogens is 366 g/mol. The molecule has 0 fully saturated rings. The zero-order chi connectivity index (χ0) is 19.4. The number of carbonyl (C=O) groups excluding carboxylic acids is 1. The van der Waals surface area contributed by atoms with Gasteiger partial charge >= 0.3 is 5.97 Å². The Labute approximate surface area is 157 Å². The summed E-state index contributed by atoms with van der Waals surface area (Å²) in [7, 11) is -0.885. The summed E-state index contributed by atoms with van der Waals surface area (Å²) < 4.78 is 35.1. The lowest BCUT2D eigenvalue weighted by Crippen LogP contribution is -2.31. The van der Waals surface area contributed by atoms with Gasteiger partial charge in [-0.1, -0.05) is 36.4 Å². The van der Waals surface area contributed by atoms with Crippen molar-refractivity contribution in [3.63, 3.8) is 0 Å². The minimum absolute atomic E-state index is 0.0273. The van der Waals surface area contributed by atoms with Crippen LogP contribution in [0.3, 0.4) is 0 Å². The minimum Gasteiger partial charge on any atom is -0.465 e. The lowest BCUT2D eigenvalue weighted by Gasteiger charge is -2.19. The molecule has 0 aliphatic rings. The van der Waals surface area contributed by atoms with Crippen LogP contribution in [-0.4, -0.2) is 31.0 Å². The first-order valence-electron chi connectivity index (χ1n) is 8.15. The standard InChI is InChI=1S/C19H19N3O4S/c1-22-12-11-20-18(22)17(14-7-4-3-5-8-14)21-27(24,25)16-10-6-9-15(13-16)19(23)26-2/h3-13,17,21H,1-2H3. The Balaban J connectivity index is 2.01. The molecule has 0 aliphatic carbocycles. The normalized spacial score (nSPS) is 12.5. The number of sulfonamides is 1. The highest BCUT2D eigenvalue weighted by atomic mass is 32.2. The van der Waals surface area contributed by atoms with Gasteiger partial charge in [0.05, 0.1) is 17.6 Å². The maximum atomic E-state index is 13.0. The average molecular weight is 385 g/mol. The third-order valence-electron chi connectivity index (χ3n) is 4.09. The van der Waals surface area contributed by atoms with E-state index in [4.69, 9.17) is 0 Å². The van der Waals surface area contributed by atoms with Gasteiger partial charge in [0.1, 0.15) is 11.9 Å². The molecule has 0 saturated carbocycles. The maximum Gasteiger partial charge on any atom is 0.337 e. The summed E-state index contributed by atoms with van der Waals surface area (Å²) in [6.07, 6.45) is 3.36. The maximum absolute atomic E-state index is 13.0. The molecule has 0 amide bonds. The smallest absolute Gasteiger partial charge is 0.337 e. The van der Waals surface area contributed by atoms with E-state index >= 15 is 0 Å². The number of esters is 1. The first kappa shape index (κ1) is 18.8. The van der Waals surface area contributed by atoms with Crippen molar-refractivity contribution < 1.29 is 17.9 Å². The molecule has 0 saturated heterocycles. The van der Waals surface area contributed by atoms with Crippen LogP contribution in [0.4, 0.5) is 0 Å². The van der Waals surface area contributed by atoms with E-state index in [1.165, 1.54) is 31.4 Å². The summed E-state index contributed by atoms with van der Waals surface area (Å²) in [5.74, 6) is -0.0512. The van der Waals surface area contributed by atoms with E-state index in [0.717, 1.165) is 5.56 Å². The topological polar surface area (TPSA) is 90.3 Å². The van der Waals surface area contributed by atoms with Crippen LogP contribution in [0.5, 0.6) is 0 Å². The third kappa shape index (κ3) is 4.07. The van der Waals surface area contributed by atoms with Crippen molar-refractivity contribution in [2.75, 3.05) is 7.11 Å². The Kier molecular flexibility index (Phi) is 5.38. The molecule has 0 aliphatic heterocycles. The molecular formula is C19H19N3O4S. The number of aryl methyl sites for hydroxylation is 1. The Morgan fingerprint density at radius 2 is 1.89 bits per heavy atom. The number of imidazole rings is 1. The van der Waals surface area contributed by atoms with Crippen LogP contribution in [0.25, 0.3) is 0 Å². The van der Waals surface area contributed by atoms with E-state index < -0.39 is 22.0 Å². The fraction of sp³-hybridized carbons (Fsp3) is 0.158. The number of hydrogen-bond acceptors (Lipinski definition) is 5. The van der Waals surface area contributed by atoms with Crippen molar-refractivity contribution in [2.45, 2.75) is 10.9 Å². The van der Waals surface area contributed by atoms with Crippen molar-refractivity contribution in [3.05, 3.63) is 83.9 Å². The van der Waals surface area contributed by atoms with E-state index in [-0.39, 0.29) is 10.5 Å². The number of nitrogens with zero attached hydrogens (tertiary/aromatic N) is 2. The summed E-state index contributed by atoms with van der Waals surface area (Å²) >= 11 is 0. The predicted molar refractivity (Wildman–Crippen MR) is 99.6 cm³/mol. The van der Waals surface area contributed by atoms with E-state index in [2.05, 4.69) is 14.4 Å². The van der Waals surface area contributed by atoms with Gasteiger partial charge in [0.15, 0.2) is 0 Å². The largest absolute Gasteiger partial charge is 0.465 e. The molecule has 0 radical (unpaired) electrons. The highest BCUT2D eigenvalue weighted by molar-refractivity contribution is 7.89. The van der Waals surface area contributed by atoms with E-state index in [0.29, 0.717) is 5.82 Å². The first-order valence-corrected chi connectivity index (χ1v) is 9.63. The van der Waals surface area contributed by atoms with E-state index in [1.807, 2.05) is 30.3 Å². The number of hydrogen-bond donors (Lipinski definition) is 1. The second kappa shape index (κ2) is 7.73. The molecule has 1 aromatic heterocycles. The van der Waals surface area contributed by atoms with Crippen LogP contribution >= 0.6 is 0 Å². The molecule has 3 rings (SSSR count). The van der Waals surface area contributed by atoms with Crippen LogP contribution in [0, 0.1) is 0 Å². The monoisotopic (exact) mass is 385 g/mol. The van der Waals surface area contributed by atoms with Crippen molar-refractivity contribution in [3.8, 4) is 0 Å². The third-order valence-corrected chi connectivity index (χ3v) is 5.51. The Hall–Kier alpha value is -2.97. The Morgan fingerprint density at radius 3 is 2.52 bits per heavy atom. The second-order valence-corrected chi connectivity index (χ2v) is 7.59. The zero-order valence-corrected chi connectivity index (χ0v) is 15.7. The number of nitrogens with one attached hydrogen (secondary N) is 1. The highest BCUT2D eigenvalue weighted by Crippen LogP contribution is 2.23. The number of rotatable bonds is 6. The molecule has 0 spiro atoms. The summed E-state index contributed by atoms with van der Waals surface area (Å²) in [4.78, 5) is 16.0. The SMILES string of the molecule is COC(=O)c1cccc(S(=O)(=O)NC(c2ccccc2)c2nccn2C)c1. The number of ether oxygens (including phenoxy) is 1. The Morgan fingerprint density at radius 1 is 1.15 bits per heavy atom. The van der Waals surface area contributed by atoms with Gasteiger partial charge in [0, 0.05) is 19.4 Å². The predicted octanol–water partition coefficient (Wildman–Crippen LogP) is 2.27. The fourth-order valence-corrected chi connectivity index (χ4v) is 3.93. The number of carbonyl (C=O) groups is 1. The molecule has 27 heavy (non-hydrogen) atoms. The molecule has 0 bridgehead atoms. The molecule has 1 unspecified atom stereocenters. The van der Waals surface area contributed by atoms with Gasteiger partial charge in [-0.2, -0.15) is 4.72 Å². The number of aromatic nitrogens is 2.